The van der Waals surface area contributed by atoms with Crippen molar-refractivity contribution in [3.05, 3.63) is 59.3 Å². The number of nitrogens with two attached hydrogens (primary N) is 1. The molecule has 0 spiro atoms. The molecule has 1 fully saturated rings. The van der Waals surface area contributed by atoms with Crippen molar-refractivity contribution in [2.24, 2.45) is 5.16 Å². The van der Waals surface area contributed by atoms with E-state index >= 15 is 0 Å². The average Bonchev–Trinajstić information content (AvgIpc) is 3.48. The molecule has 0 aliphatic carbocycles. The van der Waals surface area contributed by atoms with Crippen LogP contribution in [0, 0.1) is 0 Å². The molecule has 180 valence electrons. The Hall–Kier alpha value is -3.91. The molecular weight excluding hydrogens is 494 g/mol. The number of rotatable bonds is 7. The molecule has 12 nitrogen and oxygen atoms in total. The van der Waals surface area contributed by atoms with E-state index in [1.807, 2.05) is 45.9 Å². The average molecular weight is 514 g/mol. The van der Waals surface area contributed by atoms with E-state index < -0.39 is 29.2 Å². The maximum Gasteiger partial charge on any atom is 0.276 e. The summed E-state index contributed by atoms with van der Waals surface area (Å²) >= 11 is 2.49. The first-order chi connectivity index (χ1) is 16.9. The highest BCUT2D eigenvalue weighted by molar-refractivity contribution is 8.00. The Balaban J connectivity index is 1.36. The fourth-order valence-electron chi connectivity index (χ4n) is 4.04. The molecule has 35 heavy (non-hydrogen) atoms. The number of nitrogens with one attached hydrogen (secondary N) is 1. The zero-order valence-corrected chi connectivity index (χ0v) is 19.9. The van der Waals surface area contributed by atoms with Gasteiger partial charge in [0.2, 0.25) is 0 Å². The van der Waals surface area contributed by atoms with Gasteiger partial charge in [-0.15, -0.1) is 23.1 Å². The fourth-order valence-corrected chi connectivity index (χ4v) is 5.92. The number of nitrogen functional groups attached to an aromatic ring is 1. The van der Waals surface area contributed by atoms with Crippen LogP contribution in [0.4, 0.5) is 5.13 Å². The van der Waals surface area contributed by atoms with Crippen molar-refractivity contribution in [3.63, 3.8) is 0 Å². The Morgan fingerprint density at radius 1 is 1.43 bits per heavy atom. The van der Waals surface area contributed by atoms with Gasteiger partial charge in [-0.25, -0.2) is 4.98 Å². The second kappa shape index (κ2) is 9.03. The Labute approximate surface area is 206 Å². The number of thiazole rings is 1. The van der Waals surface area contributed by atoms with Crippen LogP contribution >= 0.6 is 23.1 Å². The van der Waals surface area contributed by atoms with Crippen molar-refractivity contribution in [2.75, 3.05) is 18.6 Å². The Morgan fingerprint density at radius 3 is 2.97 bits per heavy atom. The first-order valence-corrected chi connectivity index (χ1v) is 12.3. The zero-order valence-electron chi connectivity index (χ0n) is 18.3. The van der Waals surface area contributed by atoms with Crippen LogP contribution in [-0.4, -0.2) is 62.1 Å². The first-order valence-electron chi connectivity index (χ1n) is 10.3. The molecule has 1 saturated heterocycles. The van der Waals surface area contributed by atoms with E-state index in [9.17, 15) is 19.5 Å². The number of hydrogen-bond acceptors (Lipinski definition) is 10. The van der Waals surface area contributed by atoms with Gasteiger partial charge < -0.3 is 30.2 Å². The van der Waals surface area contributed by atoms with Gasteiger partial charge in [-0.2, -0.15) is 4.57 Å². The van der Waals surface area contributed by atoms with Gasteiger partial charge in [0.25, 0.3) is 11.8 Å². The number of thioether (sulfide) groups is 1. The topological polar surface area (TPSA) is 158 Å². The number of nitrogens with zero attached hydrogens (tertiary/aromatic N) is 5. The molecule has 2 atom stereocenters. The highest BCUT2D eigenvalue weighted by Crippen LogP contribution is 2.40. The molecule has 14 heteroatoms. The third kappa shape index (κ3) is 4.10. The summed E-state index contributed by atoms with van der Waals surface area (Å²) in [6.07, 6.45) is 7.49. The molecule has 0 radical (unpaired) electrons. The van der Waals surface area contributed by atoms with Crippen molar-refractivity contribution >= 4 is 57.2 Å². The number of fused-ring (bicyclic) bond motifs is 2. The smallest absolute Gasteiger partial charge is 0.276 e. The lowest BCUT2D eigenvalue weighted by atomic mass is 10.0. The van der Waals surface area contributed by atoms with Crippen LogP contribution in [0.5, 0.6) is 0 Å². The quantitative estimate of drug-likeness (QED) is 0.171. The summed E-state index contributed by atoms with van der Waals surface area (Å²) in [6, 6.07) is 2.90. The molecular formula is C21H19N7O5S2. The largest absolute Gasteiger partial charge is 0.543 e. The van der Waals surface area contributed by atoms with Gasteiger partial charge in [0.05, 0.1) is 17.9 Å². The molecule has 2 aliphatic heterocycles. The second-order valence-electron chi connectivity index (χ2n) is 7.73. The number of aliphatic carboxylic acids is 1. The van der Waals surface area contributed by atoms with E-state index in [0.717, 1.165) is 16.9 Å². The van der Waals surface area contributed by atoms with E-state index in [4.69, 9.17) is 10.6 Å². The summed E-state index contributed by atoms with van der Waals surface area (Å²) in [4.78, 5) is 47.8. The molecule has 5 rings (SSSR count). The third-order valence-electron chi connectivity index (χ3n) is 5.59. The molecule has 2 amide bonds. The summed E-state index contributed by atoms with van der Waals surface area (Å²) < 4.78 is 3.79. The van der Waals surface area contributed by atoms with Crippen LogP contribution in [0.25, 0.3) is 5.52 Å². The molecule has 0 saturated carbocycles. The summed E-state index contributed by atoms with van der Waals surface area (Å²) in [5.41, 5.74) is 7.04. The monoisotopic (exact) mass is 513 g/mol. The van der Waals surface area contributed by atoms with Crippen molar-refractivity contribution in [2.45, 2.75) is 18.0 Å². The van der Waals surface area contributed by atoms with E-state index in [1.54, 1.807) is 5.38 Å². The van der Waals surface area contributed by atoms with Crippen LogP contribution < -0.4 is 20.7 Å². The Kier molecular flexibility index (Phi) is 5.90. The molecule has 0 aromatic carbocycles. The van der Waals surface area contributed by atoms with Crippen molar-refractivity contribution in [1.29, 1.82) is 0 Å². The number of carboxylic acids is 1. The van der Waals surface area contributed by atoms with Crippen LogP contribution in [0.2, 0.25) is 0 Å². The number of carboxylic acid groups (broad SMARTS) is 1. The predicted molar refractivity (Wildman–Crippen MR) is 125 cm³/mol. The van der Waals surface area contributed by atoms with Crippen molar-refractivity contribution in [1.82, 2.24) is 19.6 Å². The standard InChI is InChI=1S/C21H19N7O5S2/c1-33-25-14(13-10-35-21(22)23-13)17(29)24-15-18(30)28-16(20(31)32)11(9-34-19(15)28)7-26-5-6-27-4-2-3-12(27)8-26/h2-6,8,10,15,19H,7,9H2,1H3,(H3-,22,23,24,29,31,32)/b25-14-/t15-,19+/m1/s1. The number of oxime groups is 1. The van der Waals surface area contributed by atoms with Crippen LogP contribution in [0.15, 0.2) is 58.7 Å². The van der Waals surface area contributed by atoms with E-state index in [2.05, 4.69) is 15.5 Å². The third-order valence-corrected chi connectivity index (χ3v) is 7.60. The molecule has 0 unspecified atom stereocenters. The van der Waals surface area contributed by atoms with Gasteiger partial charge >= 0.3 is 0 Å². The maximum absolute atomic E-state index is 13.0. The maximum atomic E-state index is 13.0. The summed E-state index contributed by atoms with van der Waals surface area (Å²) in [5.74, 6) is -2.32. The highest BCUT2D eigenvalue weighted by atomic mass is 32.2. The lowest BCUT2D eigenvalue weighted by Crippen LogP contribution is -2.71. The van der Waals surface area contributed by atoms with Gasteiger partial charge in [0, 0.05) is 22.9 Å². The predicted octanol–water partition coefficient (Wildman–Crippen LogP) is -1.28. The summed E-state index contributed by atoms with van der Waals surface area (Å²) in [7, 11) is 1.28. The number of β-lactam (4-membered cyclic amide) rings is 1. The minimum absolute atomic E-state index is 0.138. The number of carbonyl (C=O) groups excluding carboxylic acids is 3. The van der Waals surface area contributed by atoms with Gasteiger partial charge in [0.1, 0.15) is 29.7 Å². The SMILES string of the molecule is CO/N=C(\C(=O)N[C@@H]1C(=O)N2C(C(=O)[O-])=C(C[n+]3ccn4cccc4c3)CS[C@@H]12)c1csc(N)n1. The second-order valence-corrected chi connectivity index (χ2v) is 9.73. The van der Waals surface area contributed by atoms with Crippen LogP contribution in [0.3, 0.4) is 0 Å². The molecule has 0 bridgehead atoms. The van der Waals surface area contributed by atoms with E-state index in [0.29, 0.717) is 11.3 Å². The minimum atomic E-state index is -1.44. The summed E-state index contributed by atoms with van der Waals surface area (Å²) in [5, 5.41) is 19.6. The number of carbonyl (C=O) groups is 3. The Bertz CT molecular complexity index is 1410. The van der Waals surface area contributed by atoms with Gasteiger partial charge in [-0.1, -0.05) is 5.16 Å². The molecule has 5 heterocycles. The number of aromatic nitrogens is 3. The van der Waals surface area contributed by atoms with E-state index in [1.165, 1.54) is 23.8 Å². The van der Waals surface area contributed by atoms with Gasteiger partial charge in [-0.05, 0) is 12.1 Å². The fraction of sp³-hybridized carbons (Fsp3) is 0.238. The normalized spacial score (nSPS) is 20.0. The molecule has 3 aromatic rings. The van der Waals surface area contributed by atoms with Crippen molar-refractivity contribution in [3.8, 4) is 0 Å². The first kappa shape index (κ1) is 22.9. The van der Waals surface area contributed by atoms with Crippen molar-refractivity contribution < 1.29 is 28.9 Å². The molecule has 3 aromatic heterocycles. The zero-order chi connectivity index (χ0) is 24.7. The summed E-state index contributed by atoms with van der Waals surface area (Å²) in [6.45, 7) is 0.279. The van der Waals surface area contributed by atoms with Crippen LogP contribution in [-0.2, 0) is 25.8 Å². The van der Waals surface area contributed by atoms with Gasteiger partial charge in [-0.3, -0.25) is 14.5 Å². The van der Waals surface area contributed by atoms with E-state index in [-0.39, 0.29) is 28.8 Å². The lowest BCUT2D eigenvalue weighted by Gasteiger charge is -2.50. The lowest BCUT2D eigenvalue weighted by molar-refractivity contribution is -0.688. The Morgan fingerprint density at radius 2 is 2.26 bits per heavy atom. The minimum Gasteiger partial charge on any atom is -0.543 e. The van der Waals surface area contributed by atoms with Crippen LogP contribution in [0.1, 0.15) is 5.69 Å². The number of amides is 2. The molecule has 3 N–H and O–H groups in total. The van der Waals surface area contributed by atoms with Gasteiger partial charge in [0.15, 0.2) is 29.8 Å². The number of anilines is 1. The number of hydrogen-bond donors (Lipinski definition) is 2. The highest BCUT2D eigenvalue weighted by Gasteiger charge is 2.53. The molecule has 2 aliphatic rings.